The van der Waals surface area contributed by atoms with Crippen LogP contribution >= 0.6 is 0 Å². The lowest BCUT2D eigenvalue weighted by atomic mass is 10.0. The maximum Gasteiger partial charge on any atom is 0.123 e. The minimum absolute atomic E-state index is 0.164. The van der Waals surface area contributed by atoms with Gasteiger partial charge in [-0.05, 0) is 43.5 Å². The molecule has 1 N–H and O–H groups in total. The molecule has 4 heteroatoms. The molecule has 0 spiro atoms. The maximum absolute atomic E-state index is 13.1. The van der Waals surface area contributed by atoms with Gasteiger partial charge in [0.05, 0.1) is 0 Å². The van der Waals surface area contributed by atoms with Crippen molar-refractivity contribution in [3.63, 3.8) is 0 Å². The van der Waals surface area contributed by atoms with Crippen molar-refractivity contribution in [3.8, 4) is 0 Å². The first-order valence-corrected chi connectivity index (χ1v) is 8.28. The average Bonchev–Trinajstić information content (AvgIpc) is 3.16. The number of hydrogen-bond acceptors (Lipinski definition) is 2. The largest absolute Gasteiger partial charge is 0.345 e. The zero-order chi connectivity index (χ0) is 15.4. The molecular formula is C18H24FN3. The van der Waals surface area contributed by atoms with Crippen molar-refractivity contribution in [3.05, 3.63) is 53.4 Å². The fourth-order valence-corrected chi connectivity index (χ4v) is 3.25. The second-order valence-electron chi connectivity index (χ2n) is 6.14. The zero-order valence-corrected chi connectivity index (χ0v) is 13.2. The molecule has 1 aliphatic rings. The molecule has 0 saturated carbocycles. The van der Waals surface area contributed by atoms with Gasteiger partial charge in [-0.25, -0.2) is 9.37 Å². The van der Waals surface area contributed by atoms with Gasteiger partial charge in [0, 0.05) is 30.9 Å². The van der Waals surface area contributed by atoms with Gasteiger partial charge in [-0.1, -0.05) is 25.5 Å². The molecule has 1 aromatic carbocycles. The Morgan fingerprint density at radius 3 is 2.91 bits per heavy atom. The number of benzene rings is 1. The molecule has 1 unspecified atom stereocenters. The fraction of sp³-hybridized carbons (Fsp3) is 0.500. The van der Waals surface area contributed by atoms with Crippen molar-refractivity contribution in [1.82, 2.24) is 14.9 Å². The van der Waals surface area contributed by atoms with Crippen molar-refractivity contribution in [1.29, 1.82) is 0 Å². The lowest BCUT2D eigenvalue weighted by Gasteiger charge is -2.24. The molecule has 0 aliphatic carbocycles. The van der Waals surface area contributed by atoms with Crippen molar-refractivity contribution >= 4 is 0 Å². The molecular weight excluding hydrogens is 277 g/mol. The minimum atomic E-state index is -0.164. The van der Waals surface area contributed by atoms with Gasteiger partial charge >= 0.3 is 0 Å². The van der Waals surface area contributed by atoms with E-state index in [0.29, 0.717) is 6.04 Å². The summed E-state index contributed by atoms with van der Waals surface area (Å²) in [6.07, 6.45) is 7.69. The Morgan fingerprint density at radius 2 is 2.14 bits per heavy atom. The molecule has 3 rings (SSSR count). The number of H-pyrrole nitrogens is 1. The van der Waals surface area contributed by atoms with Crippen LogP contribution in [0.2, 0.25) is 0 Å². The number of nitrogens with one attached hydrogen (secondary N) is 1. The summed E-state index contributed by atoms with van der Waals surface area (Å²) in [4.78, 5) is 10.4. The average molecular weight is 301 g/mol. The van der Waals surface area contributed by atoms with E-state index in [0.717, 1.165) is 31.8 Å². The maximum atomic E-state index is 13.1. The number of rotatable bonds is 6. The Balaban J connectivity index is 1.65. The summed E-state index contributed by atoms with van der Waals surface area (Å²) in [5.41, 5.74) is 2.39. The smallest absolute Gasteiger partial charge is 0.123 e. The molecule has 2 heterocycles. The van der Waals surface area contributed by atoms with Gasteiger partial charge in [-0.3, -0.25) is 4.90 Å². The van der Waals surface area contributed by atoms with Crippen LogP contribution in [0.3, 0.4) is 0 Å². The third kappa shape index (κ3) is 3.55. The Hall–Kier alpha value is -1.68. The van der Waals surface area contributed by atoms with Gasteiger partial charge in [-0.2, -0.15) is 0 Å². The van der Waals surface area contributed by atoms with Crippen LogP contribution in [0.25, 0.3) is 0 Å². The number of aromatic nitrogens is 2. The topological polar surface area (TPSA) is 31.9 Å². The summed E-state index contributed by atoms with van der Waals surface area (Å²) in [7, 11) is 0. The SMILES string of the molecule is CCCCc1ncc(CN2CCCC2c2ccc(F)cc2)[nH]1. The standard InChI is InChI=1S/C18H24FN3/c1-2-3-6-18-20-12-16(21-18)13-22-11-4-5-17(22)14-7-9-15(19)10-8-14/h7-10,12,17H,2-6,11,13H2,1H3,(H,20,21). The first kappa shape index (κ1) is 15.2. The highest BCUT2D eigenvalue weighted by molar-refractivity contribution is 5.21. The van der Waals surface area contributed by atoms with E-state index in [9.17, 15) is 4.39 Å². The second-order valence-corrected chi connectivity index (χ2v) is 6.14. The van der Waals surface area contributed by atoms with Gasteiger partial charge in [0.1, 0.15) is 11.6 Å². The van der Waals surface area contributed by atoms with Crippen LogP contribution in [0.5, 0.6) is 0 Å². The molecule has 1 fully saturated rings. The Morgan fingerprint density at radius 1 is 1.32 bits per heavy atom. The number of likely N-dealkylation sites (tertiary alicyclic amines) is 1. The van der Waals surface area contributed by atoms with Gasteiger partial charge in [0.2, 0.25) is 0 Å². The summed E-state index contributed by atoms with van der Waals surface area (Å²) in [5.74, 6) is 0.928. The number of aryl methyl sites for hydroxylation is 1. The Bertz CT molecular complexity index is 591. The number of halogens is 1. The van der Waals surface area contributed by atoms with Crippen molar-refractivity contribution < 1.29 is 4.39 Å². The first-order chi connectivity index (χ1) is 10.8. The summed E-state index contributed by atoms with van der Waals surface area (Å²) in [6.45, 7) is 4.17. The number of unbranched alkanes of at least 4 members (excludes halogenated alkanes) is 1. The number of aromatic amines is 1. The third-order valence-corrected chi connectivity index (χ3v) is 4.44. The molecule has 1 aliphatic heterocycles. The van der Waals surface area contributed by atoms with Crippen LogP contribution in [-0.2, 0) is 13.0 Å². The Kier molecular flexibility index (Phi) is 4.88. The van der Waals surface area contributed by atoms with Crippen LogP contribution in [0, 0.1) is 5.82 Å². The van der Waals surface area contributed by atoms with E-state index in [1.54, 1.807) is 12.1 Å². The molecule has 22 heavy (non-hydrogen) atoms. The van der Waals surface area contributed by atoms with Gasteiger partial charge < -0.3 is 4.98 Å². The number of nitrogens with zero attached hydrogens (tertiary/aromatic N) is 2. The van der Waals surface area contributed by atoms with Crippen LogP contribution in [0.1, 0.15) is 55.7 Å². The predicted molar refractivity (Wildman–Crippen MR) is 86.0 cm³/mol. The van der Waals surface area contributed by atoms with E-state index in [4.69, 9.17) is 0 Å². The molecule has 1 atom stereocenters. The molecule has 0 radical (unpaired) electrons. The van der Waals surface area contributed by atoms with Crippen LogP contribution in [0.15, 0.2) is 30.5 Å². The van der Waals surface area contributed by atoms with E-state index in [1.807, 2.05) is 18.3 Å². The highest BCUT2D eigenvalue weighted by atomic mass is 19.1. The second kappa shape index (κ2) is 7.05. The molecule has 0 bridgehead atoms. The van der Waals surface area contributed by atoms with Crippen LogP contribution in [0.4, 0.5) is 4.39 Å². The fourth-order valence-electron chi connectivity index (χ4n) is 3.25. The summed E-state index contributed by atoms with van der Waals surface area (Å²) in [6, 6.07) is 7.34. The monoisotopic (exact) mass is 301 g/mol. The van der Waals surface area contributed by atoms with Gasteiger partial charge in [0.15, 0.2) is 0 Å². The predicted octanol–water partition coefficient (Wildman–Crippen LogP) is 4.23. The number of hydrogen-bond donors (Lipinski definition) is 1. The quantitative estimate of drug-likeness (QED) is 0.866. The molecule has 2 aromatic rings. The lowest BCUT2D eigenvalue weighted by molar-refractivity contribution is 0.245. The number of imidazole rings is 1. The summed E-state index contributed by atoms with van der Waals surface area (Å²) >= 11 is 0. The van der Waals surface area contributed by atoms with Gasteiger partial charge in [-0.15, -0.1) is 0 Å². The molecule has 1 aromatic heterocycles. The lowest BCUT2D eigenvalue weighted by Crippen LogP contribution is -2.23. The minimum Gasteiger partial charge on any atom is -0.345 e. The van der Waals surface area contributed by atoms with Crippen molar-refractivity contribution in [2.24, 2.45) is 0 Å². The van der Waals surface area contributed by atoms with Crippen molar-refractivity contribution in [2.45, 2.75) is 51.6 Å². The zero-order valence-electron chi connectivity index (χ0n) is 13.2. The first-order valence-electron chi connectivity index (χ1n) is 8.28. The normalized spacial score (nSPS) is 18.9. The van der Waals surface area contributed by atoms with E-state index < -0.39 is 0 Å². The van der Waals surface area contributed by atoms with Crippen molar-refractivity contribution in [2.75, 3.05) is 6.54 Å². The van der Waals surface area contributed by atoms with E-state index >= 15 is 0 Å². The highest BCUT2D eigenvalue weighted by Gasteiger charge is 2.26. The molecule has 118 valence electrons. The molecule has 1 saturated heterocycles. The molecule has 3 nitrogen and oxygen atoms in total. The van der Waals surface area contributed by atoms with E-state index in [-0.39, 0.29) is 5.82 Å². The Labute approximate surface area is 131 Å². The van der Waals surface area contributed by atoms with Crippen LogP contribution < -0.4 is 0 Å². The van der Waals surface area contributed by atoms with E-state index in [2.05, 4.69) is 21.8 Å². The highest BCUT2D eigenvalue weighted by Crippen LogP contribution is 2.32. The van der Waals surface area contributed by atoms with Crippen LogP contribution in [-0.4, -0.2) is 21.4 Å². The third-order valence-electron chi connectivity index (χ3n) is 4.44. The van der Waals surface area contributed by atoms with E-state index in [1.165, 1.54) is 30.5 Å². The summed E-state index contributed by atoms with van der Waals surface area (Å²) in [5, 5.41) is 0. The van der Waals surface area contributed by atoms with Gasteiger partial charge in [0.25, 0.3) is 0 Å². The molecule has 0 amide bonds. The summed E-state index contributed by atoms with van der Waals surface area (Å²) < 4.78 is 13.1.